The lowest BCUT2D eigenvalue weighted by Gasteiger charge is -2.10. The average molecular weight is 390 g/mol. The van der Waals surface area contributed by atoms with Crippen molar-refractivity contribution in [3.63, 3.8) is 0 Å². The Morgan fingerprint density at radius 2 is 2.19 bits per heavy atom. The van der Waals surface area contributed by atoms with Crippen LogP contribution < -0.4 is 5.32 Å². The second-order valence-electron chi connectivity index (χ2n) is 5.64. The van der Waals surface area contributed by atoms with Gasteiger partial charge in [-0.15, -0.1) is 11.8 Å². The van der Waals surface area contributed by atoms with Gasteiger partial charge in [0.05, 0.1) is 27.8 Å². The summed E-state index contributed by atoms with van der Waals surface area (Å²) in [5.74, 6) is 0.754. The number of anilines is 1. The number of hydrogen-bond donors (Lipinski definition) is 3. The number of amides is 1. The Kier molecular flexibility index (Phi) is 4.21. The van der Waals surface area contributed by atoms with Crippen molar-refractivity contribution in [3.05, 3.63) is 58.4 Å². The number of carboxylic acids is 1. The van der Waals surface area contributed by atoms with E-state index in [0.717, 1.165) is 5.56 Å². The molecule has 0 saturated heterocycles. The van der Waals surface area contributed by atoms with Crippen LogP contribution in [0.1, 0.15) is 26.9 Å². The highest BCUT2D eigenvalue weighted by molar-refractivity contribution is 8.00. The van der Waals surface area contributed by atoms with Crippen LogP contribution in [0.2, 0.25) is 5.02 Å². The molecule has 26 heavy (non-hydrogen) atoms. The number of aromatic nitrogens is 2. The van der Waals surface area contributed by atoms with Gasteiger partial charge in [0.1, 0.15) is 17.3 Å². The standard InChI is InChI=1S/C17H12ClN3O4S/c18-11-2-1-8(17(23)24)5-9(11)12-3-4-13(25-12)15-10-6-19-21-16(10)20-14(22)7-26-15/h1-6,15H,7H2,(H,23,24)(H2,19,20,21,22). The van der Waals surface area contributed by atoms with Gasteiger partial charge in [0.25, 0.3) is 0 Å². The van der Waals surface area contributed by atoms with Crippen LogP contribution >= 0.6 is 23.4 Å². The van der Waals surface area contributed by atoms with E-state index in [9.17, 15) is 14.7 Å². The van der Waals surface area contributed by atoms with Crippen molar-refractivity contribution in [1.82, 2.24) is 10.2 Å². The average Bonchev–Trinajstić information content (AvgIpc) is 3.23. The molecular weight excluding hydrogens is 378 g/mol. The Morgan fingerprint density at radius 3 is 3.00 bits per heavy atom. The van der Waals surface area contributed by atoms with Gasteiger partial charge in [0.2, 0.25) is 5.91 Å². The molecule has 3 heterocycles. The first-order valence-corrected chi connectivity index (χ1v) is 9.03. The molecule has 1 unspecified atom stereocenters. The molecule has 1 aromatic carbocycles. The van der Waals surface area contributed by atoms with Crippen LogP contribution in [0.25, 0.3) is 11.3 Å². The van der Waals surface area contributed by atoms with E-state index in [1.165, 1.54) is 30.0 Å². The number of nitrogens with one attached hydrogen (secondary N) is 2. The quantitative estimate of drug-likeness (QED) is 0.628. The number of furan rings is 1. The minimum atomic E-state index is -1.04. The summed E-state index contributed by atoms with van der Waals surface area (Å²) >= 11 is 7.63. The fraction of sp³-hybridized carbons (Fsp3) is 0.118. The van der Waals surface area contributed by atoms with Crippen LogP contribution in [0.3, 0.4) is 0 Å². The van der Waals surface area contributed by atoms with Crippen molar-refractivity contribution < 1.29 is 19.1 Å². The van der Waals surface area contributed by atoms with Gasteiger partial charge in [0, 0.05) is 11.1 Å². The topological polar surface area (TPSA) is 108 Å². The summed E-state index contributed by atoms with van der Waals surface area (Å²) in [6, 6.07) is 7.97. The lowest BCUT2D eigenvalue weighted by atomic mass is 10.1. The van der Waals surface area contributed by atoms with E-state index in [1.807, 2.05) is 0 Å². The summed E-state index contributed by atoms with van der Waals surface area (Å²) in [6.07, 6.45) is 1.65. The first-order valence-electron chi connectivity index (χ1n) is 7.60. The minimum Gasteiger partial charge on any atom is -0.478 e. The smallest absolute Gasteiger partial charge is 0.335 e. The Balaban J connectivity index is 1.73. The number of aromatic carboxylic acids is 1. The largest absolute Gasteiger partial charge is 0.478 e. The molecule has 0 fully saturated rings. The van der Waals surface area contributed by atoms with Crippen LogP contribution in [0, 0.1) is 0 Å². The molecule has 0 radical (unpaired) electrons. The second-order valence-corrected chi connectivity index (χ2v) is 7.14. The molecule has 3 aromatic rings. The van der Waals surface area contributed by atoms with E-state index in [2.05, 4.69) is 15.5 Å². The van der Waals surface area contributed by atoms with E-state index in [-0.39, 0.29) is 22.5 Å². The summed E-state index contributed by atoms with van der Waals surface area (Å²) in [6.45, 7) is 0. The number of carbonyl (C=O) groups excluding carboxylic acids is 1. The van der Waals surface area contributed by atoms with Crippen molar-refractivity contribution in [3.8, 4) is 11.3 Å². The predicted octanol–water partition coefficient (Wildman–Crippen LogP) is 3.80. The maximum Gasteiger partial charge on any atom is 0.335 e. The zero-order valence-electron chi connectivity index (χ0n) is 13.2. The number of nitrogens with zero attached hydrogens (tertiary/aromatic N) is 1. The first-order chi connectivity index (χ1) is 12.5. The number of carboxylic acid groups (broad SMARTS) is 1. The number of rotatable bonds is 3. The van der Waals surface area contributed by atoms with Crippen LogP contribution in [-0.2, 0) is 4.79 Å². The summed E-state index contributed by atoms with van der Waals surface area (Å²) in [4.78, 5) is 23.0. The molecule has 1 amide bonds. The van der Waals surface area contributed by atoms with Crippen molar-refractivity contribution >= 4 is 41.1 Å². The molecule has 4 rings (SSSR count). The fourth-order valence-corrected chi connectivity index (χ4v) is 3.99. The monoisotopic (exact) mass is 389 g/mol. The molecule has 9 heteroatoms. The van der Waals surface area contributed by atoms with Crippen LogP contribution in [0.15, 0.2) is 40.9 Å². The van der Waals surface area contributed by atoms with Gasteiger partial charge in [0.15, 0.2) is 0 Å². The highest BCUT2D eigenvalue weighted by Crippen LogP contribution is 2.42. The SMILES string of the molecule is O=C1CSC(c2ccc(-c3cc(C(=O)O)ccc3Cl)o2)c2cn[nH]c2N1. The Bertz CT molecular complexity index is 1010. The maximum absolute atomic E-state index is 11.8. The third-order valence-electron chi connectivity index (χ3n) is 3.96. The first kappa shape index (κ1) is 16.7. The number of fused-ring (bicyclic) bond motifs is 1. The van der Waals surface area contributed by atoms with Gasteiger partial charge in [-0.05, 0) is 30.3 Å². The van der Waals surface area contributed by atoms with Crippen molar-refractivity contribution in [2.24, 2.45) is 0 Å². The Labute approximate surface area is 156 Å². The molecule has 0 aliphatic carbocycles. The van der Waals surface area contributed by atoms with Crippen molar-refractivity contribution in [2.75, 3.05) is 11.1 Å². The fourth-order valence-electron chi connectivity index (χ4n) is 2.74. The maximum atomic E-state index is 11.8. The number of hydrogen-bond acceptors (Lipinski definition) is 5. The molecule has 132 valence electrons. The summed E-state index contributed by atoms with van der Waals surface area (Å²) in [5.41, 5.74) is 1.43. The minimum absolute atomic E-state index is 0.119. The number of H-pyrrole nitrogens is 1. The number of benzene rings is 1. The zero-order valence-corrected chi connectivity index (χ0v) is 14.7. The highest BCUT2D eigenvalue weighted by atomic mass is 35.5. The van der Waals surface area contributed by atoms with Crippen molar-refractivity contribution in [2.45, 2.75) is 5.25 Å². The van der Waals surface area contributed by atoms with Crippen molar-refractivity contribution in [1.29, 1.82) is 0 Å². The van der Waals surface area contributed by atoms with Gasteiger partial charge in [-0.1, -0.05) is 11.6 Å². The molecule has 2 aromatic heterocycles. The number of thioether (sulfide) groups is 1. The highest BCUT2D eigenvalue weighted by Gasteiger charge is 2.28. The molecule has 0 spiro atoms. The van der Waals surface area contributed by atoms with Gasteiger partial charge in [-0.3, -0.25) is 9.89 Å². The third-order valence-corrected chi connectivity index (χ3v) is 5.54. The van der Waals surface area contributed by atoms with Crippen LogP contribution in [0.5, 0.6) is 0 Å². The number of halogens is 1. The van der Waals surface area contributed by atoms with Gasteiger partial charge in [-0.2, -0.15) is 5.10 Å². The van der Waals surface area contributed by atoms with E-state index >= 15 is 0 Å². The lowest BCUT2D eigenvalue weighted by Crippen LogP contribution is -2.12. The molecule has 7 nitrogen and oxygen atoms in total. The predicted molar refractivity (Wildman–Crippen MR) is 97.6 cm³/mol. The second kappa shape index (κ2) is 6.54. The molecule has 0 bridgehead atoms. The third kappa shape index (κ3) is 2.97. The summed E-state index contributed by atoms with van der Waals surface area (Å²) < 4.78 is 5.96. The summed E-state index contributed by atoms with van der Waals surface area (Å²) in [5, 5.41) is 18.9. The van der Waals surface area contributed by atoms with E-state index < -0.39 is 5.97 Å². The molecular formula is C17H12ClN3O4S. The Hall–Kier alpha value is -2.71. The molecule has 1 aliphatic heterocycles. The lowest BCUT2D eigenvalue weighted by molar-refractivity contribution is -0.113. The van der Waals surface area contributed by atoms with Crippen LogP contribution in [0.4, 0.5) is 5.82 Å². The van der Waals surface area contributed by atoms with Gasteiger partial charge in [-0.25, -0.2) is 4.79 Å². The van der Waals surface area contributed by atoms with Crippen LogP contribution in [-0.4, -0.2) is 32.9 Å². The molecule has 1 aliphatic rings. The number of carbonyl (C=O) groups is 2. The molecule has 1 atom stereocenters. The molecule has 3 N–H and O–H groups in total. The zero-order chi connectivity index (χ0) is 18.3. The van der Waals surface area contributed by atoms with E-state index in [1.54, 1.807) is 18.3 Å². The van der Waals surface area contributed by atoms with E-state index in [0.29, 0.717) is 27.9 Å². The van der Waals surface area contributed by atoms with E-state index in [4.69, 9.17) is 16.0 Å². The Morgan fingerprint density at radius 1 is 1.35 bits per heavy atom. The normalized spacial score (nSPS) is 16.7. The van der Waals surface area contributed by atoms with Gasteiger partial charge >= 0.3 is 5.97 Å². The van der Waals surface area contributed by atoms with Gasteiger partial charge < -0.3 is 14.8 Å². The molecule has 0 saturated carbocycles. The summed E-state index contributed by atoms with van der Waals surface area (Å²) in [7, 11) is 0. The number of aromatic amines is 1.